The van der Waals surface area contributed by atoms with Crippen molar-refractivity contribution in [1.82, 2.24) is 9.80 Å². The Morgan fingerprint density at radius 2 is 2.00 bits per heavy atom. The summed E-state index contributed by atoms with van der Waals surface area (Å²) in [6, 6.07) is 2.22. The molecule has 0 aromatic rings. The molecule has 0 amide bonds. The molecule has 0 radical (unpaired) electrons. The summed E-state index contributed by atoms with van der Waals surface area (Å²) in [7, 11) is 4.19. The van der Waals surface area contributed by atoms with E-state index in [1.54, 1.807) is 0 Å². The molecule has 4 heteroatoms. The second-order valence-electron chi connectivity index (χ2n) is 4.77. The fraction of sp³-hybridized carbons (Fsp3) is 0.909. The van der Waals surface area contributed by atoms with E-state index in [4.69, 9.17) is 11.0 Å². The molecule has 1 aliphatic heterocycles. The van der Waals surface area contributed by atoms with Crippen molar-refractivity contribution in [3.05, 3.63) is 0 Å². The van der Waals surface area contributed by atoms with Crippen LogP contribution in [0.1, 0.15) is 19.3 Å². The largest absolute Gasteiger partial charge is 0.313 e. The minimum Gasteiger partial charge on any atom is -0.313 e. The number of hydrogen-bond donors (Lipinski definition) is 1. The molecule has 1 fully saturated rings. The van der Waals surface area contributed by atoms with Gasteiger partial charge in [-0.3, -0.25) is 0 Å². The number of nitriles is 1. The van der Waals surface area contributed by atoms with Crippen molar-refractivity contribution < 1.29 is 0 Å². The monoisotopic (exact) mass is 210 g/mol. The molecule has 0 spiro atoms. The minimum atomic E-state index is -0.557. The maximum absolute atomic E-state index is 8.89. The average molecular weight is 210 g/mol. The van der Waals surface area contributed by atoms with E-state index in [1.165, 1.54) is 6.42 Å². The van der Waals surface area contributed by atoms with Gasteiger partial charge in [0.1, 0.15) is 5.54 Å². The normalized spacial score (nSPS) is 21.5. The van der Waals surface area contributed by atoms with Gasteiger partial charge in [-0.25, -0.2) is 0 Å². The van der Waals surface area contributed by atoms with Crippen LogP contribution in [0.3, 0.4) is 0 Å². The Labute approximate surface area is 92.6 Å². The molecular formula is C11H22N4. The molecule has 1 aliphatic rings. The second-order valence-corrected chi connectivity index (χ2v) is 4.77. The maximum atomic E-state index is 8.89. The highest BCUT2D eigenvalue weighted by atomic mass is 15.1. The molecule has 1 rings (SSSR count). The van der Waals surface area contributed by atoms with Crippen LogP contribution in [0.2, 0.25) is 0 Å². The van der Waals surface area contributed by atoms with Gasteiger partial charge in [0, 0.05) is 13.1 Å². The molecule has 0 saturated carbocycles. The lowest BCUT2D eigenvalue weighted by Gasteiger charge is -2.34. The van der Waals surface area contributed by atoms with Gasteiger partial charge in [0.25, 0.3) is 0 Å². The van der Waals surface area contributed by atoms with Gasteiger partial charge in [-0.15, -0.1) is 0 Å². The third kappa shape index (κ3) is 4.17. The summed E-state index contributed by atoms with van der Waals surface area (Å²) in [6.45, 7) is 4.19. The fourth-order valence-corrected chi connectivity index (χ4v) is 1.90. The van der Waals surface area contributed by atoms with Crippen molar-refractivity contribution in [3.8, 4) is 6.07 Å². The average Bonchev–Trinajstić information content (AvgIpc) is 2.21. The maximum Gasteiger partial charge on any atom is 0.106 e. The summed E-state index contributed by atoms with van der Waals surface area (Å²) in [5, 5.41) is 8.89. The Morgan fingerprint density at radius 3 is 2.47 bits per heavy atom. The van der Waals surface area contributed by atoms with Crippen LogP contribution >= 0.6 is 0 Å². The van der Waals surface area contributed by atoms with Crippen molar-refractivity contribution in [1.29, 1.82) is 5.26 Å². The molecule has 1 saturated heterocycles. The van der Waals surface area contributed by atoms with E-state index in [0.717, 1.165) is 39.0 Å². The molecule has 1 heterocycles. The van der Waals surface area contributed by atoms with Crippen LogP contribution in [0.25, 0.3) is 0 Å². The quantitative estimate of drug-likeness (QED) is 0.723. The fourth-order valence-electron chi connectivity index (χ4n) is 1.90. The number of piperidine rings is 1. The van der Waals surface area contributed by atoms with Gasteiger partial charge >= 0.3 is 0 Å². The molecule has 0 bridgehead atoms. The van der Waals surface area contributed by atoms with Crippen LogP contribution in [-0.2, 0) is 0 Å². The Hall–Kier alpha value is -0.630. The standard InChI is InChI=1S/C11H22N4/c1-14(2)6-3-7-15-8-4-11(13,10-12)5-9-15/h3-9,13H2,1-2H3. The predicted molar refractivity (Wildman–Crippen MR) is 61.4 cm³/mol. The van der Waals surface area contributed by atoms with Crippen molar-refractivity contribution in [3.63, 3.8) is 0 Å². The number of nitrogens with two attached hydrogens (primary N) is 1. The Balaban J connectivity index is 2.18. The summed E-state index contributed by atoms with van der Waals surface area (Å²) in [4.78, 5) is 4.61. The smallest absolute Gasteiger partial charge is 0.106 e. The molecule has 86 valence electrons. The van der Waals surface area contributed by atoms with Crippen LogP contribution in [0.4, 0.5) is 0 Å². The van der Waals surface area contributed by atoms with Gasteiger partial charge in [-0.1, -0.05) is 0 Å². The van der Waals surface area contributed by atoms with Crippen molar-refractivity contribution in [2.45, 2.75) is 24.8 Å². The molecule has 0 aromatic carbocycles. The van der Waals surface area contributed by atoms with Gasteiger partial charge in [-0.2, -0.15) is 5.26 Å². The summed E-state index contributed by atoms with van der Waals surface area (Å²) in [5.41, 5.74) is 5.34. The van der Waals surface area contributed by atoms with E-state index in [2.05, 4.69) is 30.0 Å². The van der Waals surface area contributed by atoms with Gasteiger partial charge in [0.15, 0.2) is 0 Å². The molecule has 15 heavy (non-hydrogen) atoms. The third-order valence-corrected chi connectivity index (χ3v) is 3.05. The van der Waals surface area contributed by atoms with E-state index in [0.29, 0.717) is 0 Å². The van der Waals surface area contributed by atoms with Crippen molar-refractivity contribution >= 4 is 0 Å². The van der Waals surface area contributed by atoms with Gasteiger partial charge in [0.2, 0.25) is 0 Å². The lowest BCUT2D eigenvalue weighted by molar-refractivity contribution is 0.181. The van der Waals surface area contributed by atoms with Crippen LogP contribution in [0.5, 0.6) is 0 Å². The van der Waals surface area contributed by atoms with E-state index < -0.39 is 5.54 Å². The molecule has 4 nitrogen and oxygen atoms in total. The topological polar surface area (TPSA) is 56.3 Å². The lowest BCUT2D eigenvalue weighted by atomic mass is 9.90. The summed E-state index contributed by atoms with van der Waals surface area (Å²) in [5.74, 6) is 0. The zero-order valence-electron chi connectivity index (χ0n) is 9.87. The Bertz CT molecular complexity index is 223. The lowest BCUT2D eigenvalue weighted by Crippen LogP contribution is -2.49. The SMILES string of the molecule is CN(C)CCCN1CCC(N)(C#N)CC1. The first kappa shape index (κ1) is 12.4. The number of likely N-dealkylation sites (tertiary alicyclic amines) is 1. The molecule has 0 unspecified atom stereocenters. The Morgan fingerprint density at radius 1 is 1.40 bits per heavy atom. The third-order valence-electron chi connectivity index (χ3n) is 3.05. The predicted octanol–water partition coefficient (Wildman–Crippen LogP) is 0.255. The van der Waals surface area contributed by atoms with E-state index in [1.807, 2.05) is 0 Å². The second kappa shape index (κ2) is 5.45. The highest BCUT2D eigenvalue weighted by molar-refractivity contribution is 5.07. The van der Waals surface area contributed by atoms with E-state index in [-0.39, 0.29) is 0 Å². The highest BCUT2D eigenvalue weighted by Gasteiger charge is 2.29. The van der Waals surface area contributed by atoms with Crippen LogP contribution in [-0.4, -0.2) is 55.6 Å². The summed E-state index contributed by atoms with van der Waals surface area (Å²) in [6.07, 6.45) is 2.81. The zero-order valence-corrected chi connectivity index (χ0v) is 9.87. The van der Waals surface area contributed by atoms with Crippen LogP contribution in [0.15, 0.2) is 0 Å². The zero-order chi connectivity index (χ0) is 11.3. The number of nitrogens with zero attached hydrogens (tertiary/aromatic N) is 3. The number of hydrogen-bond acceptors (Lipinski definition) is 4. The highest BCUT2D eigenvalue weighted by Crippen LogP contribution is 2.18. The molecule has 0 aromatic heterocycles. The van der Waals surface area contributed by atoms with Crippen molar-refractivity contribution in [2.75, 3.05) is 40.3 Å². The first-order chi connectivity index (χ1) is 7.06. The molecule has 0 aliphatic carbocycles. The first-order valence-electron chi connectivity index (χ1n) is 5.63. The van der Waals surface area contributed by atoms with Gasteiger partial charge < -0.3 is 15.5 Å². The van der Waals surface area contributed by atoms with E-state index >= 15 is 0 Å². The number of rotatable bonds is 4. The molecule has 2 N–H and O–H groups in total. The molecule has 0 atom stereocenters. The van der Waals surface area contributed by atoms with Gasteiger partial charge in [-0.05, 0) is 46.4 Å². The summed E-state index contributed by atoms with van der Waals surface area (Å²) >= 11 is 0. The Kier molecular flexibility index (Phi) is 4.52. The first-order valence-corrected chi connectivity index (χ1v) is 5.63. The van der Waals surface area contributed by atoms with Crippen molar-refractivity contribution in [2.24, 2.45) is 5.73 Å². The summed E-state index contributed by atoms with van der Waals surface area (Å²) < 4.78 is 0. The van der Waals surface area contributed by atoms with Crippen LogP contribution < -0.4 is 5.73 Å². The van der Waals surface area contributed by atoms with Crippen LogP contribution in [0, 0.1) is 11.3 Å². The van der Waals surface area contributed by atoms with Gasteiger partial charge in [0.05, 0.1) is 6.07 Å². The minimum absolute atomic E-state index is 0.557. The molecular weight excluding hydrogens is 188 g/mol. The van der Waals surface area contributed by atoms with E-state index in [9.17, 15) is 0 Å².